The zero-order valence-corrected chi connectivity index (χ0v) is 18.3. The number of carbonyl (C=O) groups excluding carboxylic acids is 2. The van der Waals surface area contributed by atoms with Gasteiger partial charge in [-0.1, -0.05) is 11.8 Å². The average molecular weight is 431 g/mol. The van der Waals surface area contributed by atoms with Gasteiger partial charge in [0, 0.05) is 28.6 Å². The van der Waals surface area contributed by atoms with Gasteiger partial charge in [0.1, 0.15) is 0 Å². The van der Waals surface area contributed by atoms with Gasteiger partial charge in [0.2, 0.25) is 5.91 Å². The minimum Gasteiger partial charge on any atom is -0.462 e. The Hall–Kier alpha value is -2.65. The van der Waals surface area contributed by atoms with E-state index in [1.54, 1.807) is 42.5 Å². The number of esters is 1. The molecule has 0 atom stereocenters. The predicted molar refractivity (Wildman–Crippen MR) is 116 cm³/mol. The average Bonchev–Trinajstić information content (AvgIpc) is 3.23. The summed E-state index contributed by atoms with van der Waals surface area (Å²) in [5.74, 6) is 0.457. The fourth-order valence-corrected chi connectivity index (χ4v) is 4.22. The number of aryl methyl sites for hydroxylation is 1. The number of hydrogen-bond donors (Lipinski definition) is 1. The summed E-state index contributed by atoms with van der Waals surface area (Å²) < 4.78 is 6.85. The van der Waals surface area contributed by atoms with Crippen molar-refractivity contribution < 1.29 is 14.3 Å². The van der Waals surface area contributed by atoms with Crippen LogP contribution in [0, 0.1) is 13.8 Å². The highest BCUT2D eigenvalue weighted by Gasteiger charge is 2.16. The Balaban J connectivity index is 1.59. The van der Waals surface area contributed by atoms with E-state index in [2.05, 4.69) is 34.7 Å². The van der Waals surface area contributed by atoms with Crippen LogP contribution in [0.25, 0.3) is 11.4 Å². The molecule has 2 aromatic heterocycles. The van der Waals surface area contributed by atoms with Crippen molar-refractivity contribution in [2.24, 2.45) is 7.05 Å². The van der Waals surface area contributed by atoms with Crippen molar-refractivity contribution in [1.82, 2.24) is 14.8 Å². The molecule has 0 saturated heterocycles. The van der Waals surface area contributed by atoms with Gasteiger partial charge in [-0.3, -0.25) is 4.79 Å². The number of amides is 1. The molecular formula is C20H22N4O3S2. The lowest BCUT2D eigenvalue weighted by atomic mass is 10.2. The SMILES string of the molecule is CCOC(=O)c1ccc(NC(=O)CSc2nnc(-c3csc(C)c3C)n2C)cc1. The number of nitrogens with one attached hydrogen (secondary N) is 1. The first-order valence-electron chi connectivity index (χ1n) is 9.05. The third-order valence-electron chi connectivity index (χ3n) is 4.37. The van der Waals surface area contributed by atoms with Crippen molar-refractivity contribution in [1.29, 1.82) is 0 Å². The highest BCUT2D eigenvalue weighted by atomic mass is 32.2. The summed E-state index contributed by atoms with van der Waals surface area (Å²) in [5.41, 5.74) is 3.34. The van der Waals surface area contributed by atoms with Crippen LogP contribution in [0.15, 0.2) is 34.8 Å². The van der Waals surface area contributed by atoms with E-state index in [-0.39, 0.29) is 17.6 Å². The number of hydrogen-bond acceptors (Lipinski definition) is 7. The molecule has 1 N–H and O–H groups in total. The summed E-state index contributed by atoms with van der Waals surface area (Å²) in [4.78, 5) is 25.2. The number of ether oxygens (including phenoxy) is 1. The van der Waals surface area contributed by atoms with Crippen molar-refractivity contribution in [2.45, 2.75) is 25.9 Å². The van der Waals surface area contributed by atoms with Crippen molar-refractivity contribution in [3.05, 3.63) is 45.6 Å². The summed E-state index contributed by atoms with van der Waals surface area (Å²) in [6, 6.07) is 6.61. The molecule has 9 heteroatoms. The maximum atomic E-state index is 12.3. The maximum Gasteiger partial charge on any atom is 0.338 e. The Kier molecular flexibility index (Phi) is 6.71. The van der Waals surface area contributed by atoms with Crippen LogP contribution in [0.1, 0.15) is 27.7 Å². The Morgan fingerprint density at radius 3 is 2.55 bits per heavy atom. The lowest BCUT2D eigenvalue weighted by Gasteiger charge is -2.07. The number of benzene rings is 1. The van der Waals surface area contributed by atoms with E-state index < -0.39 is 0 Å². The van der Waals surface area contributed by atoms with E-state index in [0.717, 1.165) is 11.4 Å². The second-order valence-electron chi connectivity index (χ2n) is 6.33. The number of carbonyl (C=O) groups is 2. The molecule has 1 amide bonds. The molecule has 0 aliphatic rings. The molecule has 0 unspecified atom stereocenters. The van der Waals surface area contributed by atoms with E-state index in [1.807, 2.05) is 11.6 Å². The Bertz CT molecular complexity index is 1030. The zero-order valence-electron chi connectivity index (χ0n) is 16.7. The van der Waals surface area contributed by atoms with Crippen LogP contribution in [0.3, 0.4) is 0 Å². The van der Waals surface area contributed by atoms with Gasteiger partial charge in [0.15, 0.2) is 11.0 Å². The second-order valence-corrected chi connectivity index (χ2v) is 8.36. The van der Waals surface area contributed by atoms with Crippen LogP contribution in [-0.2, 0) is 16.6 Å². The van der Waals surface area contributed by atoms with Crippen LogP contribution in [0.4, 0.5) is 5.69 Å². The highest BCUT2D eigenvalue weighted by Crippen LogP contribution is 2.30. The zero-order chi connectivity index (χ0) is 21.0. The van der Waals surface area contributed by atoms with Crippen molar-refractivity contribution in [3.8, 4) is 11.4 Å². The largest absolute Gasteiger partial charge is 0.462 e. The number of thioether (sulfide) groups is 1. The maximum absolute atomic E-state index is 12.3. The Labute approximate surface area is 177 Å². The normalized spacial score (nSPS) is 10.8. The molecular weight excluding hydrogens is 408 g/mol. The van der Waals surface area contributed by atoms with E-state index >= 15 is 0 Å². The quantitative estimate of drug-likeness (QED) is 0.449. The van der Waals surface area contributed by atoms with Crippen molar-refractivity contribution >= 4 is 40.7 Å². The summed E-state index contributed by atoms with van der Waals surface area (Å²) in [6.07, 6.45) is 0. The van der Waals surface area contributed by atoms with Crippen molar-refractivity contribution in [3.63, 3.8) is 0 Å². The highest BCUT2D eigenvalue weighted by molar-refractivity contribution is 7.99. The van der Waals surface area contributed by atoms with Gasteiger partial charge in [-0.25, -0.2) is 4.79 Å². The van der Waals surface area contributed by atoms with Crippen LogP contribution >= 0.6 is 23.1 Å². The lowest BCUT2D eigenvalue weighted by molar-refractivity contribution is -0.113. The standard InChI is InChI=1S/C20H22N4O3S2/c1-5-27-19(26)14-6-8-15(9-7-14)21-17(25)11-29-20-23-22-18(24(20)4)16-10-28-13(3)12(16)2/h6-10H,5,11H2,1-4H3,(H,21,25). The van der Waals surface area contributed by atoms with Gasteiger partial charge in [-0.05, 0) is 50.6 Å². The molecule has 0 saturated carbocycles. The van der Waals surface area contributed by atoms with E-state index in [0.29, 0.717) is 23.0 Å². The Morgan fingerprint density at radius 2 is 1.93 bits per heavy atom. The molecule has 2 heterocycles. The monoisotopic (exact) mass is 430 g/mol. The summed E-state index contributed by atoms with van der Waals surface area (Å²) in [7, 11) is 1.90. The van der Waals surface area contributed by atoms with E-state index in [4.69, 9.17) is 4.74 Å². The summed E-state index contributed by atoms with van der Waals surface area (Å²) >= 11 is 3.01. The van der Waals surface area contributed by atoms with Crippen LogP contribution in [-0.4, -0.2) is 39.0 Å². The van der Waals surface area contributed by atoms with Crippen LogP contribution in [0.2, 0.25) is 0 Å². The number of thiophene rings is 1. The minimum atomic E-state index is -0.380. The minimum absolute atomic E-state index is 0.161. The molecule has 3 aromatic rings. The molecule has 0 fully saturated rings. The molecule has 3 rings (SSSR count). The van der Waals surface area contributed by atoms with Gasteiger partial charge in [-0.15, -0.1) is 21.5 Å². The molecule has 152 valence electrons. The third kappa shape index (κ3) is 4.86. The van der Waals surface area contributed by atoms with Gasteiger partial charge in [-0.2, -0.15) is 0 Å². The molecule has 0 aliphatic heterocycles. The Morgan fingerprint density at radius 1 is 1.21 bits per heavy atom. The topological polar surface area (TPSA) is 86.1 Å². The summed E-state index contributed by atoms with van der Waals surface area (Å²) in [5, 5.41) is 14.1. The fraction of sp³-hybridized carbons (Fsp3) is 0.300. The van der Waals surface area contributed by atoms with Crippen LogP contribution < -0.4 is 5.32 Å². The molecule has 29 heavy (non-hydrogen) atoms. The molecule has 0 radical (unpaired) electrons. The number of rotatable bonds is 7. The lowest BCUT2D eigenvalue weighted by Crippen LogP contribution is -2.14. The molecule has 0 spiro atoms. The van der Waals surface area contributed by atoms with Gasteiger partial charge in [0.25, 0.3) is 0 Å². The number of aromatic nitrogens is 3. The first-order chi connectivity index (χ1) is 13.9. The molecule has 0 bridgehead atoms. The molecule has 0 aliphatic carbocycles. The second kappa shape index (κ2) is 9.23. The number of nitrogens with zero attached hydrogens (tertiary/aromatic N) is 3. The summed E-state index contributed by atoms with van der Waals surface area (Å²) in [6.45, 7) is 6.24. The first-order valence-corrected chi connectivity index (χ1v) is 10.9. The van der Waals surface area contributed by atoms with Crippen LogP contribution in [0.5, 0.6) is 0 Å². The fourth-order valence-electron chi connectivity index (χ4n) is 2.64. The smallest absolute Gasteiger partial charge is 0.338 e. The first kappa shape index (κ1) is 21.1. The van der Waals surface area contributed by atoms with Gasteiger partial charge in [0.05, 0.1) is 17.9 Å². The van der Waals surface area contributed by atoms with E-state index in [9.17, 15) is 9.59 Å². The van der Waals surface area contributed by atoms with E-state index in [1.165, 1.54) is 22.2 Å². The van der Waals surface area contributed by atoms with Gasteiger partial charge >= 0.3 is 5.97 Å². The van der Waals surface area contributed by atoms with Crippen molar-refractivity contribution in [2.75, 3.05) is 17.7 Å². The van der Waals surface area contributed by atoms with Gasteiger partial charge < -0.3 is 14.6 Å². The number of anilines is 1. The molecule has 1 aromatic carbocycles. The third-order valence-corrected chi connectivity index (χ3v) is 6.41. The predicted octanol–water partition coefficient (Wildman–Crippen LogP) is 4.07. The molecule has 7 nitrogen and oxygen atoms in total.